The van der Waals surface area contributed by atoms with E-state index in [9.17, 15) is 9.18 Å². The van der Waals surface area contributed by atoms with E-state index in [1.165, 1.54) is 47.1 Å². The molecule has 0 spiro atoms. The lowest BCUT2D eigenvalue weighted by Gasteiger charge is -2.06. The lowest BCUT2D eigenvalue weighted by Crippen LogP contribution is -2.15. The molecule has 0 aliphatic rings. The van der Waals surface area contributed by atoms with Gasteiger partial charge in [0.25, 0.3) is 5.91 Å². The summed E-state index contributed by atoms with van der Waals surface area (Å²) in [6, 6.07) is 6.46. The largest absolute Gasteiger partial charge is 0.295 e. The number of rotatable bonds is 6. The molecule has 1 amide bonds. The minimum absolute atomic E-state index is 0.0265. The van der Waals surface area contributed by atoms with Crippen molar-refractivity contribution in [2.24, 2.45) is 0 Å². The van der Waals surface area contributed by atoms with E-state index in [1.807, 2.05) is 6.26 Å². The van der Waals surface area contributed by atoms with Gasteiger partial charge in [-0.25, -0.2) is 14.4 Å². The van der Waals surface area contributed by atoms with Crippen molar-refractivity contribution in [3.05, 3.63) is 52.6 Å². The van der Waals surface area contributed by atoms with Gasteiger partial charge in [0.15, 0.2) is 15.2 Å². The van der Waals surface area contributed by atoms with Gasteiger partial charge in [-0.05, 0) is 17.9 Å². The fourth-order valence-electron chi connectivity index (χ4n) is 1.84. The summed E-state index contributed by atoms with van der Waals surface area (Å²) in [5, 5.41) is 11.2. The van der Waals surface area contributed by atoms with Crippen molar-refractivity contribution in [1.82, 2.24) is 20.2 Å². The van der Waals surface area contributed by atoms with E-state index in [-0.39, 0.29) is 16.5 Å². The molecule has 6 nitrogen and oxygen atoms in total. The molecule has 2 heterocycles. The minimum atomic E-state index is -0.506. The second-order valence-corrected chi connectivity index (χ2v) is 8.14. The molecule has 3 aromatic rings. The summed E-state index contributed by atoms with van der Waals surface area (Å²) in [6.45, 7) is 0. The molecule has 0 aliphatic carbocycles. The number of nitrogens with zero attached hydrogens (tertiary/aromatic N) is 4. The van der Waals surface area contributed by atoms with Gasteiger partial charge >= 0.3 is 0 Å². The zero-order chi connectivity index (χ0) is 18.5. The molecule has 3 rings (SSSR count). The van der Waals surface area contributed by atoms with Gasteiger partial charge in [-0.3, -0.25) is 10.1 Å². The number of halogens is 2. The number of aromatic nitrogens is 4. The summed E-state index contributed by atoms with van der Waals surface area (Å²) >= 11 is 9.94. The summed E-state index contributed by atoms with van der Waals surface area (Å²) in [7, 11) is 0. The molecule has 2 aromatic heterocycles. The van der Waals surface area contributed by atoms with Crippen LogP contribution in [0.15, 0.2) is 40.0 Å². The molecule has 0 saturated carbocycles. The van der Waals surface area contributed by atoms with Crippen molar-refractivity contribution in [2.75, 3.05) is 11.6 Å². The fourth-order valence-corrected chi connectivity index (χ4v) is 3.98. The molecule has 0 radical (unpaired) electrons. The van der Waals surface area contributed by atoms with Gasteiger partial charge in [0, 0.05) is 5.75 Å². The standard InChI is InChI=1S/C15H11ClFN5OS3/c1-24-15-22-21-14(26-15)20-12(23)11-9(16)6-18-13(19-11)25-7-8-4-2-3-5-10(8)17/h2-6H,7H2,1H3,(H,20,21,23). The first-order valence-electron chi connectivity index (χ1n) is 7.14. The average Bonchev–Trinajstić information content (AvgIpc) is 3.09. The molecular weight excluding hydrogens is 417 g/mol. The van der Waals surface area contributed by atoms with Gasteiger partial charge in [-0.2, -0.15) is 0 Å². The molecule has 0 atom stereocenters. The first-order chi connectivity index (χ1) is 12.6. The molecule has 11 heteroatoms. The Morgan fingerprint density at radius 1 is 1.35 bits per heavy atom. The topological polar surface area (TPSA) is 80.7 Å². The number of anilines is 1. The van der Waals surface area contributed by atoms with Crippen LogP contribution in [-0.2, 0) is 5.75 Å². The normalized spacial score (nSPS) is 10.7. The van der Waals surface area contributed by atoms with E-state index >= 15 is 0 Å². The zero-order valence-electron chi connectivity index (χ0n) is 13.3. The first kappa shape index (κ1) is 19.0. The quantitative estimate of drug-likeness (QED) is 0.355. The van der Waals surface area contributed by atoms with Crippen LogP contribution >= 0.6 is 46.5 Å². The third-order valence-electron chi connectivity index (χ3n) is 3.05. The van der Waals surface area contributed by atoms with Crippen LogP contribution in [-0.4, -0.2) is 32.3 Å². The maximum absolute atomic E-state index is 13.7. The number of benzene rings is 1. The third-order valence-corrected chi connectivity index (χ3v) is 6.05. The molecule has 1 aromatic carbocycles. The Balaban J connectivity index is 1.72. The van der Waals surface area contributed by atoms with Gasteiger partial charge in [-0.15, -0.1) is 10.2 Å². The summed E-state index contributed by atoms with van der Waals surface area (Å²) in [5.74, 6) is -0.468. The lowest BCUT2D eigenvalue weighted by molar-refractivity contribution is 0.102. The van der Waals surface area contributed by atoms with Crippen molar-refractivity contribution < 1.29 is 9.18 Å². The molecule has 0 bridgehead atoms. The maximum Gasteiger partial charge on any atom is 0.277 e. The van der Waals surface area contributed by atoms with Gasteiger partial charge in [0.1, 0.15) is 5.82 Å². The number of nitrogens with one attached hydrogen (secondary N) is 1. The molecule has 0 saturated heterocycles. The second kappa shape index (κ2) is 8.76. The van der Waals surface area contributed by atoms with E-state index < -0.39 is 5.91 Å². The van der Waals surface area contributed by atoms with Gasteiger partial charge in [0.2, 0.25) is 5.13 Å². The number of thioether (sulfide) groups is 2. The van der Waals surface area contributed by atoms with E-state index in [2.05, 4.69) is 25.5 Å². The summed E-state index contributed by atoms with van der Waals surface area (Å²) in [4.78, 5) is 20.6. The fraction of sp³-hybridized carbons (Fsp3) is 0.133. The van der Waals surface area contributed by atoms with Gasteiger partial charge in [0.05, 0.1) is 11.2 Å². The Morgan fingerprint density at radius 2 is 2.15 bits per heavy atom. The highest BCUT2D eigenvalue weighted by atomic mass is 35.5. The monoisotopic (exact) mass is 427 g/mol. The highest BCUT2D eigenvalue weighted by Crippen LogP contribution is 2.26. The summed E-state index contributed by atoms with van der Waals surface area (Å²) in [6.07, 6.45) is 3.22. The van der Waals surface area contributed by atoms with Crippen molar-refractivity contribution in [3.8, 4) is 0 Å². The highest BCUT2D eigenvalue weighted by molar-refractivity contribution is 8.00. The Hall–Kier alpha value is -1.75. The minimum Gasteiger partial charge on any atom is -0.295 e. The Kier molecular flexibility index (Phi) is 6.41. The molecule has 0 fully saturated rings. The van der Waals surface area contributed by atoms with Crippen molar-refractivity contribution in [3.63, 3.8) is 0 Å². The van der Waals surface area contributed by atoms with Crippen LogP contribution < -0.4 is 5.32 Å². The van der Waals surface area contributed by atoms with E-state index in [0.717, 1.165) is 4.34 Å². The first-order valence-corrected chi connectivity index (χ1v) is 10.5. The molecule has 0 aliphatic heterocycles. The number of carbonyl (C=O) groups excluding carboxylic acids is 1. The van der Waals surface area contributed by atoms with E-state index in [4.69, 9.17) is 11.6 Å². The van der Waals surface area contributed by atoms with Gasteiger partial charge in [-0.1, -0.05) is 64.7 Å². The SMILES string of the molecule is CSc1nnc(NC(=O)c2nc(SCc3ccccc3F)ncc2Cl)s1. The van der Waals surface area contributed by atoms with Crippen molar-refractivity contribution in [2.45, 2.75) is 15.2 Å². The predicted molar refractivity (Wildman–Crippen MR) is 103 cm³/mol. The van der Waals surface area contributed by atoms with Crippen LogP contribution in [0.3, 0.4) is 0 Å². The molecule has 0 unspecified atom stereocenters. The number of carbonyl (C=O) groups is 1. The number of amides is 1. The molecule has 134 valence electrons. The van der Waals surface area contributed by atoms with Crippen LogP contribution in [0, 0.1) is 5.82 Å². The van der Waals surface area contributed by atoms with Crippen molar-refractivity contribution in [1.29, 1.82) is 0 Å². The predicted octanol–water partition coefficient (Wildman–Crippen LogP) is 4.39. The number of hydrogen-bond acceptors (Lipinski definition) is 8. The third kappa shape index (κ3) is 4.70. The summed E-state index contributed by atoms with van der Waals surface area (Å²) in [5.41, 5.74) is 0.555. The van der Waals surface area contributed by atoms with Crippen LogP contribution in [0.1, 0.15) is 16.1 Å². The van der Waals surface area contributed by atoms with Crippen LogP contribution in [0.2, 0.25) is 5.02 Å². The smallest absolute Gasteiger partial charge is 0.277 e. The number of hydrogen-bond donors (Lipinski definition) is 1. The second-order valence-electron chi connectivity index (χ2n) is 4.76. The van der Waals surface area contributed by atoms with Crippen LogP contribution in [0.5, 0.6) is 0 Å². The average molecular weight is 428 g/mol. The Morgan fingerprint density at radius 3 is 2.88 bits per heavy atom. The van der Waals surface area contributed by atoms with Crippen LogP contribution in [0.25, 0.3) is 0 Å². The van der Waals surface area contributed by atoms with E-state index in [1.54, 1.807) is 18.2 Å². The maximum atomic E-state index is 13.7. The highest BCUT2D eigenvalue weighted by Gasteiger charge is 2.17. The Labute approximate surface area is 166 Å². The van der Waals surface area contributed by atoms with Crippen molar-refractivity contribution >= 4 is 57.5 Å². The zero-order valence-corrected chi connectivity index (χ0v) is 16.5. The Bertz CT molecular complexity index is 939. The molecular formula is C15H11ClFN5OS3. The lowest BCUT2D eigenvalue weighted by atomic mass is 10.2. The summed E-state index contributed by atoms with van der Waals surface area (Å²) < 4.78 is 14.4. The molecule has 1 N–H and O–H groups in total. The van der Waals surface area contributed by atoms with E-state index in [0.29, 0.717) is 21.6 Å². The van der Waals surface area contributed by atoms with Crippen LogP contribution in [0.4, 0.5) is 9.52 Å². The molecule has 26 heavy (non-hydrogen) atoms. The van der Waals surface area contributed by atoms with Gasteiger partial charge < -0.3 is 0 Å².